The van der Waals surface area contributed by atoms with Crippen molar-refractivity contribution < 1.29 is 9.59 Å². The molecule has 0 fully saturated rings. The first-order valence-electron chi connectivity index (χ1n) is 8.33. The molecule has 2 amide bonds. The van der Waals surface area contributed by atoms with Crippen molar-refractivity contribution in [1.82, 2.24) is 0 Å². The van der Waals surface area contributed by atoms with E-state index < -0.39 is 0 Å². The Morgan fingerprint density at radius 2 is 1.79 bits per heavy atom. The van der Waals surface area contributed by atoms with Gasteiger partial charge in [0.2, 0.25) is 5.91 Å². The normalized spacial score (nSPS) is 10.3. The quantitative estimate of drug-likeness (QED) is 0.856. The Kier molecular flexibility index (Phi) is 6.13. The van der Waals surface area contributed by atoms with Gasteiger partial charge in [-0.15, -0.1) is 0 Å². The third-order valence-electron chi connectivity index (χ3n) is 3.72. The van der Waals surface area contributed by atoms with Crippen molar-refractivity contribution in [2.45, 2.75) is 33.6 Å². The van der Waals surface area contributed by atoms with Crippen molar-refractivity contribution in [2.75, 3.05) is 16.8 Å². The Hall–Kier alpha value is -2.62. The van der Waals surface area contributed by atoms with E-state index in [-0.39, 0.29) is 11.8 Å². The predicted molar refractivity (Wildman–Crippen MR) is 98.5 cm³/mol. The summed E-state index contributed by atoms with van der Waals surface area (Å²) in [5.41, 5.74) is 3.22. The highest BCUT2D eigenvalue weighted by molar-refractivity contribution is 6.07. The van der Waals surface area contributed by atoms with Gasteiger partial charge in [-0.3, -0.25) is 9.59 Å². The van der Waals surface area contributed by atoms with Crippen molar-refractivity contribution in [3.8, 4) is 0 Å². The molecule has 0 unspecified atom stereocenters. The molecule has 0 aromatic heterocycles. The Morgan fingerprint density at radius 3 is 2.46 bits per heavy atom. The molecule has 0 saturated heterocycles. The molecule has 0 spiro atoms. The van der Waals surface area contributed by atoms with Crippen LogP contribution in [0.15, 0.2) is 48.5 Å². The lowest BCUT2D eigenvalue weighted by Gasteiger charge is -2.23. The average molecular weight is 324 g/mol. The second-order valence-electron chi connectivity index (χ2n) is 5.78. The Morgan fingerprint density at radius 1 is 1.04 bits per heavy atom. The SMILES string of the molecule is CCCN(C(=O)c1cccc(NC(=O)CC)c1)c1cccc(C)c1. The number of anilines is 2. The van der Waals surface area contributed by atoms with Crippen LogP contribution >= 0.6 is 0 Å². The summed E-state index contributed by atoms with van der Waals surface area (Å²) in [5, 5.41) is 2.80. The van der Waals surface area contributed by atoms with E-state index in [2.05, 4.69) is 5.32 Å². The summed E-state index contributed by atoms with van der Waals surface area (Å²) in [4.78, 5) is 26.3. The van der Waals surface area contributed by atoms with Crippen LogP contribution in [0.2, 0.25) is 0 Å². The first kappa shape index (κ1) is 17.7. The lowest BCUT2D eigenvalue weighted by Crippen LogP contribution is -2.31. The topological polar surface area (TPSA) is 49.4 Å². The number of benzene rings is 2. The second-order valence-corrected chi connectivity index (χ2v) is 5.78. The number of carbonyl (C=O) groups is 2. The molecule has 0 bridgehead atoms. The van der Waals surface area contributed by atoms with Crippen molar-refractivity contribution in [3.05, 3.63) is 59.7 Å². The molecule has 2 aromatic rings. The minimum Gasteiger partial charge on any atom is -0.326 e. The third-order valence-corrected chi connectivity index (χ3v) is 3.72. The maximum absolute atomic E-state index is 13.0. The lowest BCUT2D eigenvalue weighted by molar-refractivity contribution is -0.115. The highest BCUT2D eigenvalue weighted by Crippen LogP contribution is 2.20. The fraction of sp³-hybridized carbons (Fsp3) is 0.300. The number of nitrogens with zero attached hydrogens (tertiary/aromatic N) is 1. The standard InChI is InChI=1S/C20H24N2O2/c1-4-12-22(18-11-6-8-15(3)13-18)20(24)16-9-7-10-17(14-16)21-19(23)5-2/h6-11,13-14H,4-5,12H2,1-3H3,(H,21,23). The Labute approximate surface area is 143 Å². The van der Waals surface area contributed by atoms with Gasteiger partial charge in [-0.2, -0.15) is 0 Å². The van der Waals surface area contributed by atoms with Crippen LogP contribution in [0.1, 0.15) is 42.6 Å². The molecule has 0 saturated carbocycles. The zero-order valence-electron chi connectivity index (χ0n) is 14.5. The largest absolute Gasteiger partial charge is 0.326 e. The van der Waals surface area contributed by atoms with E-state index in [1.807, 2.05) is 38.1 Å². The summed E-state index contributed by atoms with van der Waals surface area (Å²) < 4.78 is 0. The maximum Gasteiger partial charge on any atom is 0.258 e. The maximum atomic E-state index is 13.0. The molecule has 0 radical (unpaired) electrons. The Bertz CT molecular complexity index is 725. The molecule has 0 aliphatic heterocycles. The van der Waals surface area contributed by atoms with E-state index >= 15 is 0 Å². The zero-order valence-corrected chi connectivity index (χ0v) is 14.5. The number of hydrogen-bond donors (Lipinski definition) is 1. The summed E-state index contributed by atoms with van der Waals surface area (Å²) in [6.45, 7) is 6.51. The molecule has 0 atom stereocenters. The lowest BCUT2D eigenvalue weighted by atomic mass is 10.1. The van der Waals surface area contributed by atoms with Gasteiger partial charge in [0.05, 0.1) is 0 Å². The number of hydrogen-bond acceptors (Lipinski definition) is 2. The van der Waals surface area contributed by atoms with Gasteiger partial charge in [0.1, 0.15) is 0 Å². The first-order chi connectivity index (χ1) is 11.5. The number of amides is 2. The predicted octanol–water partition coefficient (Wildman–Crippen LogP) is 4.40. The zero-order chi connectivity index (χ0) is 17.5. The van der Waals surface area contributed by atoms with Crippen LogP contribution in [0.3, 0.4) is 0 Å². The molecule has 2 aromatic carbocycles. The second kappa shape index (κ2) is 8.29. The molecule has 126 valence electrons. The molecular weight excluding hydrogens is 300 g/mol. The van der Waals surface area contributed by atoms with Crippen molar-refractivity contribution >= 4 is 23.2 Å². The number of rotatable bonds is 6. The van der Waals surface area contributed by atoms with Gasteiger partial charge in [-0.05, 0) is 49.2 Å². The van der Waals surface area contributed by atoms with Gasteiger partial charge in [-0.1, -0.05) is 32.0 Å². The summed E-state index contributed by atoms with van der Waals surface area (Å²) >= 11 is 0. The van der Waals surface area contributed by atoms with Gasteiger partial charge >= 0.3 is 0 Å². The van der Waals surface area contributed by atoms with Gasteiger partial charge < -0.3 is 10.2 Å². The first-order valence-corrected chi connectivity index (χ1v) is 8.33. The monoisotopic (exact) mass is 324 g/mol. The summed E-state index contributed by atoms with van der Waals surface area (Å²) in [7, 11) is 0. The van der Waals surface area contributed by atoms with E-state index in [9.17, 15) is 9.59 Å². The van der Waals surface area contributed by atoms with E-state index in [0.29, 0.717) is 24.2 Å². The number of aryl methyl sites for hydroxylation is 1. The molecule has 4 heteroatoms. The summed E-state index contributed by atoms with van der Waals surface area (Å²) in [6.07, 6.45) is 1.27. The number of carbonyl (C=O) groups excluding carboxylic acids is 2. The minimum atomic E-state index is -0.0660. The van der Waals surface area contributed by atoms with Crippen LogP contribution < -0.4 is 10.2 Å². The Balaban J connectivity index is 2.30. The van der Waals surface area contributed by atoms with Gasteiger partial charge in [-0.25, -0.2) is 0 Å². The van der Waals surface area contributed by atoms with Gasteiger partial charge in [0, 0.05) is 29.9 Å². The fourth-order valence-electron chi connectivity index (χ4n) is 2.50. The van der Waals surface area contributed by atoms with Crippen LogP contribution in [-0.4, -0.2) is 18.4 Å². The average Bonchev–Trinajstić information content (AvgIpc) is 2.59. The molecule has 1 N–H and O–H groups in total. The molecule has 4 nitrogen and oxygen atoms in total. The van der Waals surface area contributed by atoms with Crippen LogP contribution in [0.5, 0.6) is 0 Å². The third kappa shape index (κ3) is 4.44. The van der Waals surface area contributed by atoms with Gasteiger partial charge in [0.15, 0.2) is 0 Å². The van der Waals surface area contributed by atoms with E-state index in [1.54, 1.807) is 36.1 Å². The molecule has 24 heavy (non-hydrogen) atoms. The fourth-order valence-corrected chi connectivity index (χ4v) is 2.50. The molecular formula is C20H24N2O2. The van der Waals surface area contributed by atoms with Crippen LogP contribution in [-0.2, 0) is 4.79 Å². The van der Waals surface area contributed by atoms with E-state index in [1.165, 1.54) is 0 Å². The van der Waals surface area contributed by atoms with E-state index in [0.717, 1.165) is 17.7 Å². The van der Waals surface area contributed by atoms with Crippen LogP contribution in [0.25, 0.3) is 0 Å². The summed E-state index contributed by atoms with van der Waals surface area (Å²) in [5.74, 6) is -0.126. The van der Waals surface area contributed by atoms with Crippen molar-refractivity contribution in [3.63, 3.8) is 0 Å². The van der Waals surface area contributed by atoms with Crippen molar-refractivity contribution in [2.24, 2.45) is 0 Å². The molecule has 2 rings (SSSR count). The van der Waals surface area contributed by atoms with Crippen LogP contribution in [0.4, 0.5) is 11.4 Å². The molecule has 0 heterocycles. The minimum absolute atomic E-state index is 0.0601. The van der Waals surface area contributed by atoms with Gasteiger partial charge in [0.25, 0.3) is 5.91 Å². The van der Waals surface area contributed by atoms with E-state index in [4.69, 9.17) is 0 Å². The molecule has 0 aliphatic rings. The highest BCUT2D eigenvalue weighted by Gasteiger charge is 2.17. The van der Waals surface area contributed by atoms with Crippen molar-refractivity contribution in [1.29, 1.82) is 0 Å². The number of nitrogens with one attached hydrogen (secondary N) is 1. The van der Waals surface area contributed by atoms with Crippen LogP contribution in [0, 0.1) is 6.92 Å². The summed E-state index contributed by atoms with van der Waals surface area (Å²) in [6, 6.07) is 15.0. The molecule has 0 aliphatic carbocycles. The smallest absolute Gasteiger partial charge is 0.258 e. The highest BCUT2D eigenvalue weighted by atomic mass is 16.2.